The Balaban J connectivity index is 2.73. The topological polar surface area (TPSA) is 29.1 Å². The summed E-state index contributed by atoms with van der Waals surface area (Å²) in [4.78, 5) is 11.2. The first kappa shape index (κ1) is 11.1. The van der Waals surface area contributed by atoms with Crippen molar-refractivity contribution in [2.24, 2.45) is 5.92 Å². The summed E-state index contributed by atoms with van der Waals surface area (Å²) >= 11 is 3.71. The molecule has 1 N–H and O–H groups in total. The minimum atomic E-state index is -0.163. The van der Waals surface area contributed by atoms with Gasteiger partial charge in [-0.3, -0.25) is 9.52 Å². The van der Waals surface area contributed by atoms with Crippen molar-refractivity contribution >= 4 is 18.7 Å². The smallest absolute Gasteiger partial charge is 0.260 e. The van der Waals surface area contributed by atoms with Crippen LogP contribution in [0.4, 0.5) is 0 Å². The Bertz CT molecular complexity index is 306. The molecular formula is C11H15NOS. The number of carbonyl (C=O) groups is 1. The van der Waals surface area contributed by atoms with E-state index in [-0.39, 0.29) is 5.91 Å². The highest BCUT2D eigenvalue weighted by Gasteiger charge is 2.03. The normalized spacial score (nSPS) is 10.3. The van der Waals surface area contributed by atoms with E-state index < -0.39 is 0 Å². The standard InChI is InChI=1S/C11H15NOS/c1-8(2)7-9-3-5-10(6-4-9)11(13)12-14/h3-6,8,14H,7H2,1-2H3,(H,12,13). The number of hydrogen-bond donors (Lipinski definition) is 2. The molecule has 3 heteroatoms. The van der Waals surface area contributed by atoms with E-state index in [1.54, 1.807) is 0 Å². The fourth-order valence-electron chi connectivity index (χ4n) is 1.33. The minimum absolute atomic E-state index is 0.163. The second-order valence-electron chi connectivity index (χ2n) is 3.74. The second-order valence-corrected chi connectivity index (χ2v) is 3.96. The molecule has 0 bridgehead atoms. The highest BCUT2D eigenvalue weighted by atomic mass is 32.1. The van der Waals surface area contributed by atoms with Gasteiger partial charge in [-0.05, 0) is 30.0 Å². The molecule has 0 heterocycles. The fourth-order valence-corrected chi connectivity index (χ4v) is 1.46. The summed E-state index contributed by atoms with van der Waals surface area (Å²) in [6, 6.07) is 7.61. The number of nitrogens with one attached hydrogen (secondary N) is 1. The van der Waals surface area contributed by atoms with Crippen molar-refractivity contribution in [1.82, 2.24) is 4.72 Å². The van der Waals surface area contributed by atoms with Crippen LogP contribution in [0.25, 0.3) is 0 Å². The summed E-state index contributed by atoms with van der Waals surface area (Å²) in [5.74, 6) is 0.476. The number of hydrogen-bond acceptors (Lipinski definition) is 2. The lowest BCUT2D eigenvalue weighted by Gasteiger charge is -2.05. The predicted molar refractivity (Wildman–Crippen MR) is 61.4 cm³/mol. The van der Waals surface area contributed by atoms with Gasteiger partial charge in [-0.25, -0.2) is 0 Å². The number of rotatable bonds is 3. The molecule has 0 aliphatic rings. The van der Waals surface area contributed by atoms with Crippen LogP contribution in [0.3, 0.4) is 0 Å². The van der Waals surface area contributed by atoms with Gasteiger partial charge in [0.25, 0.3) is 5.91 Å². The van der Waals surface area contributed by atoms with E-state index in [2.05, 4.69) is 31.4 Å². The molecule has 14 heavy (non-hydrogen) atoms. The molecule has 0 saturated heterocycles. The summed E-state index contributed by atoms with van der Waals surface area (Å²) in [5.41, 5.74) is 1.91. The molecule has 2 nitrogen and oxygen atoms in total. The number of amides is 1. The van der Waals surface area contributed by atoms with Crippen LogP contribution in [0.15, 0.2) is 24.3 Å². The first-order chi connectivity index (χ1) is 6.63. The molecule has 1 aromatic rings. The molecule has 0 spiro atoms. The average Bonchev–Trinajstić information content (AvgIpc) is 2.17. The third kappa shape index (κ3) is 3.07. The van der Waals surface area contributed by atoms with Crippen LogP contribution in [-0.4, -0.2) is 5.91 Å². The summed E-state index contributed by atoms with van der Waals surface area (Å²) in [7, 11) is 0. The Kier molecular flexibility index (Phi) is 4.01. The van der Waals surface area contributed by atoms with Crippen LogP contribution in [0.2, 0.25) is 0 Å². The summed E-state index contributed by atoms with van der Waals surface area (Å²) in [6.07, 6.45) is 1.04. The third-order valence-electron chi connectivity index (χ3n) is 1.96. The maximum atomic E-state index is 11.2. The molecule has 0 saturated carbocycles. The van der Waals surface area contributed by atoms with Gasteiger partial charge in [0.2, 0.25) is 0 Å². The van der Waals surface area contributed by atoms with E-state index in [1.165, 1.54) is 5.56 Å². The maximum Gasteiger partial charge on any atom is 0.260 e. The third-order valence-corrected chi connectivity index (χ3v) is 2.16. The zero-order chi connectivity index (χ0) is 10.6. The van der Waals surface area contributed by atoms with Crippen LogP contribution in [0.1, 0.15) is 29.8 Å². The lowest BCUT2D eigenvalue weighted by molar-refractivity contribution is 0.0985. The highest BCUT2D eigenvalue weighted by molar-refractivity contribution is 7.78. The van der Waals surface area contributed by atoms with Crippen LogP contribution in [-0.2, 0) is 6.42 Å². The van der Waals surface area contributed by atoms with E-state index in [0.717, 1.165) is 6.42 Å². The molecular weight excluding hydrogens is 194 g/mol. The molecule has 1 aromatic carbocycles. The van der Waals surface area contributed by atoms with Crippen molar-refractivity contribution in [2.45, 2.75) is 20.3 Å². The van der Waals surface area contributed by atoms with Crippen molar-refractivity contribution in [3.8, 4) is 0 Å². The molecule has 0 aromatic heterocycles. The van der Waals surface area contributed by atoms with Gasteiger partial charge in [0.05, 0.1) is 0 Å². The Hall–Kier alpha value is -0.960. The number of thiol groups is 1. The van der Waals surface area contributed by atoms with E-state index in [0.29, 0.717) is 11.5 Å². The molecule has 0 radical (unpaired) electrons. The molecule has 0 aliphatic carbocycles. The van der Waals surface area contributed by atoms with Gasteiger partial charge >= 0.3 is 0 Å². The summed E-state index contributed by atoms with van der Waals surface area (Å²) in [5, 5.41) is 0. The van der Waals surface area contributed by atoms with Gasteiger partial charge < -0.3 is 0 Å². The minimum Gasteiger partial charge on any atom is -0.299 e. The van der Waals surface area contributed by atoms with Crippen LogP contribution >= 0.6 is 12.8 Å². The van der Waals surface area contributed by atoms with Gasteiger partial charge in [0.15, 0.2) is 0 Å². The van der Waals surface area contributed by atoms with Gasteiger partial charge in [0.1, 0.15) is 0 Å². The Morgan fingerprint density at radius 3 is 2.36 bits per heavy atom. The van der Waals surface area contributed by atoms with Crippen LogP contribution < -0.4 is 4.72 Å². The largest absolute Gasteiger partial charge is 0.299 e. The number of benzene rings is 1. The molecule has 0 unspecified atom stereocenters. The van der Waals surface area contributed by atoms with E-state index in [9.17, 15) is 4.79 Å². The van der Waals surface area contributed by atoms with Gasteiger partial charge in [-0.15, -0.1) is 0 Å². The zero-order valence-electron chi connectivity index (χ0n) is 8.45. The van der Waals surface area contributed by atoms with E-state index >= 15 is 0 Å². The second kappa shape index (κ2) is 5.05. The molecule has 0 aliphatic heterocycles. The average molecular weight is 209 g/mol. The molecule has 76 valence electrons. The first-order valence-electron chi connectivity index (χ1n) is 4.67. The Morgan fingerprint density at radius 2 is 1.93 bits per heavy atom. The molecule has 1 rings (SSSR count). The van der Waals surface area contributed by atoms with Crippen molar-refractivity contribution in [2.75, 3.05) is 0 Å². The van der Waals surface area contributed by atoms with E-state index in [4.69, 9.17) is 0 Å². The lowest BCUT2D eigenvalue weighted by Crippen LogP contribution is -2.12. The summed E-state index contributed by atoms with van der Waals surface area (Å²) < 4.78 is 2.30. The monoisotopic (exact) mass is 209 g/mol. The molecule has 1 amide bonds. The molecule has 0 fully saturated rings. The van der Waals surface area contributed by atoms with Crippen molar-refractivity contribution < 1.29 is 4.79 Å². The fraction of sp³-hybridized carbons (Fsp3) is 0.364. The Labute approximate surface area is 90.3 Å². The summed E-state index contributed by atoms with van der Waals surface area (Å²) in [6.45, 7) is 4.35. The number of carbonyl (C=O) groups excluding carboxylic acids is 1. The van der Waals surface area contributed by atoms with Crippen molar-refractivity contribution in [1.29, 1.82) is 0 Å². The van der Waals surface area contributed by atoms with Gasteiger partial charge in [-0.1, -0.05) is 38.8 Å². The first-order valence-corrected chi connectivity index (χ1v) is 5.11. The van der Waals surface area contributed by atoms with Crippen molar-refractivity contribution in [3.05, 3.63) is 35.4 Å². The van der Waals surface area contributed by atoms with Crippen molar-refractivity contribution in [3.63, 3.8) is 0 Å². The SMILES string of the molecule is CC(C)Cc1ccc(C(=O)NS)cc1. The van der Waals surface area contributed by atoms with Crippen LogP contribution in [0.5, 0.6) is 0 Å². The van der Waals surface area contributed by atoms with Gasteiger partial charge in [0, 0.05) is 5.56 Å². The maximum absolute atomic E-state index is 11.2. The zero-order valence-corrected chi connectivity index (χ0v) is 9.34. The quantitative estimate of drug-likeness (QED) is 0.736. The highest BCUT2D eigenvalue weighted by Crippen LogP contribution is 2.09. The Morgan fingerprint density at radius 1 is 1.36 bits per heavy atom. The lowest BCUT2D eigenvalue weighted by atomic mass is 10.0. The van der Waals surface area contributed by atoms with E-state index in [1.807, 2.05) is 24.3 Å². The van der Waals surface area contributed by atoms with Gasteiger partial charge in [-0.2, -0.15) is 0 Å². The predicted octanol–water partition coefficient (Wildman–Crippen LogP) is 2.46. The van der Waals surface area contributed by atoms with Crippen LogP contribution in [0, 0.1) is 5.92 Å². The molecule has 0 atom stereocenters.